The maximum atomic E-state index is 13.8. The lowest BCUT2D eigenvalue weighted by Crippen LogP contribution is -2.06. The fourth-order valence-corrected chi connectivity index (χ4v) is 2.09. The number of hydrogen-bond acceptors (Lipinski definition) is 3. The molecule has 4 heteroatoms. The number of nitrogens with zero attached hydrogens (tertiary/aromatic N) is 1. The lowest BCUT2D eigenvalue weighted by Gasteiger charge is -2.12. The van der Waals surface area contributed by atoms with Gasteiger partial charge in [-0.05, 0) is 43.7 Å². The molecule has 0 aliphatic rings. The van der Waals surface area contributed by atoms with Crippen LogP contribution in [0.3, 0.4) is 0 Å². The molecule has 3 nitrogen and oxygen atoms in total. The molecule has 2 aromatic rings. The van der Waals surface area contributed by atoms with Gasteiger partial charge in [-0.3, -0.25) is 0 Å². The van der Waals surface area contributed by atoms with Gasteiger partial charge in [0.25, 0.3) is 0 Å². The number of ether oxygens (including phenoxy) is 1. The van der Waals surface area contributed by atoms with E-state index in [1.807, 2.05) is 31.2 Å². The van der Waals surface area contributed by atoms with Crippen molar-refractivity contribution in [2.24, 2.45) is 5.73 Å². The molecular weight excluding hydrogens is 267 g/mol. The Morgan fingerprint density at radius 1 is 1.19 bits per heavy atom. The fourth-order valence-electron chi connectivity index (χ4n) is 2.09. The van der Waals surface area contributed by atoms with Gasteiger partial charge in [0.15, 0.2) is 0 Å². The average molecular weight is 284 g/mol. The van der Waals surface area contributed by atoms with Crippen LogP contribution in [0.15, 0.2) is 36.4 Å². The van der Waals surface area contributed by atoms with Crippen molar-refractivity contribution < 1.29 is 9.13 Å². The summed E-state index contributed by atoms with van der Waals surface area (Å²) in [6.07, 6.45) is 0.715. The van der Waals surface area contributed by atoms with Crippen LogP contribution in [0.5, 0.6) is 5.75 Å². The monoisotopic (exact) mass is 284 g/mol. The molecule has 0 aliphatic carbocycles. The highest BCUT2D eigenvalue weighted by Crippen LogP contribution is 2.22. The summed E-state index contributed by atoms with van der Waals surface area (Å²) in [5.74, 6) is 0.288. The zero-order chi connectivity index (χ0) is 15.2. The van der Waals surface area contributed by atoms with Gasteiger partial charge in [0.05, 0.1) is 11.6 Å². The average Bonchev–Trinajstić information content (AvgIpc) is 2.48. The number of halogens is 1. The zero-order valence-electron chi connectivity index (χ0n) is 11.9. The Morgan fingerprint density at radius 2 is 2.00 bits per heavy atom. The van der Waals surface area contributed by atoms with Gasteiger partial charge in [-0.1, -0.05) is 23.8 Å². The predicted molar refractivity (Wildman–Crippen MR) is 79.4 cm³/mol. The van der Waals surface area contributed by atoms with Gasteiger partial charge in [-0.15, -0.1) is 0 Å². The number of aryl methyl sites for hydroxylation is 1. The summed E-state index contributed by atoms with van der Waals surface area (Å²) in [5.41, 5.74) is 8.48. The first-order valence-corrected chi connectivity index (χ1v) is 6.75. The summed E-state index contributed by atoms with van der Waals surface area (Å²) in [5, 5.41) is 8.72. The van der Waals surface area contributed by atoms with Crippen LogP contribution >= 0.6 is 0 Å². The largest absolute Gasteiger partial charge is 0.489 e. The molecule has 0 spiro atoms. The van der Waals surface area contributed by atoms with Crippen LogP contribution in [0.2, 0.25) is 0 Å². The molecule has 2 rings (SSSR count). The van der Waals surface area contributed by atoms with Crippen molar-refractivity contribution in [2.75, 3.05) is 6.54 Å². The van der Waals surface area contributed by atoms with Crippen molar-refractivity contribution >= 4 is 0 Å². The second-order valence-corrected chi connectivity index (χ2v) is 4.86. The highest BCUT2D eigenvalue weighted by molar-refractivity contribution is 5.38. The van der Waals surface area contributed by atoms with Crippen molar-refractivity contribution in [1.82, 2.24) is 0 Å². The molecule has 2 aromatic carbocycles. The van der Waals surface area contributed by atoms with Crippen LogP contribution in [-0.2, 0) is 13.0 Å². The summed E-state index contributed by atoms with van der Waals surface area (Å²) in [7, 11) is 0. The SMILES string of the molecule is Cc1ccc(OCc2ccc(C#N)cc2F)c(CCN)c1. The maximum absolute atomic E-state index is 13.8. The van der Waals surface area contributed by atoms with Crippen LogP contribution in [0.4, 0.5) is 4.39 Å². The standard InChI is InChI=1S/C17H17FN2O/c1-12-2-5-17(14(8-12)6-7-19)21-11-15-4-3-13(10-20)9-16(15)18/h2-5,8-9H,6-7,11,19H2,1H3. The van der Waals surface area contributed by atoms with Gasteiger partial charge in [0.2, 0.25) is 0 Å². The molecule has 0 amide bonds. The molecule has 0 aromatic heterocycles. The number of nitrogens with two attached hydrogens (primary N) is 1. The van der Waals surface area contributed by atoms with Crippen LogP contribution in [0.25, 0.3) is 0 Å². The molecule has 0 heterocycles. The minimum absolute atomic E-state index is 0.123. The van der Waals surface area contributed by atoms with E-state index in [-0.39, 0.29) is 6.61 Å². The van der Waals surface area contributed by atoms with Crippen molar-refractivity contribution in [2.45, 2.75) is 20.0 Å². The van der Waals surface area contributed by atoms with Crippen molar-refractivity contribution in [3.8, 4) is 11.8 Å². The van der Waals surface area contributed by atoms with Gasteiger partial charge in [0.1, 0.15) is 18.2 Å². The van der Waals surface area contributed by atoms with E-state index in [9.17, 15) is 4.39 Å². The molecule has 0 radical (unpaired) electrons. The first-order valence-electron chi connectivity index (χ1n) is 6.75. The van der Waals surface area contributed by atoms with Crippen LogP contribution in [0, 0.1) is 24.1 Å². The van der Waals surface area contributed by atoms with Crippen molar-refractivity contribution in [3.05, 3.63) is 64.5 Å². The van der Waals surface area contributed by atoms with Gasteiger partial charge in [0, 0.05) is 5.56 Å². The Bertz CT molecular complexity index is 677. The van der Waals surface area contributed by atoms with Crippen molar-refractivity contribution in [3.63, 3.8) is 0 Å². The van der Waals surface area contributed by atoms with Gasteiger partial charge >= 0.3 is 0 Å². The molecule has 0 unspecified atom stereocenters. The number of hydrogen-bond donors (Lipinski definition) is 1. The Balaban J connectivity index is 2.15. The fraction of sp³-hybridized carbons (Fsp3) is 0.235. The molecule has 0 saturated carbocycles. The molecule has 2 N–H and O–H groups in total. The molecule has 0 fully saturated rings. The molecule has 108 valence electrons. The van der Waals surface area contributed by atoms with Crippen LogP contribution in [-0.4, -0.2) is 6.54 Å². The second kappa shape index (κ2) is 6.87. The summed E-state index contributed by atoms with van der Waals surface area (Å²) in [4.78, 5) is 0. The molecular formula is C17H17FN2O. The van der Waals surface area contributed by atoms with E-state index in [1.54, 1.807) is 12.1 Å². The Hall–Kier alpha value is -2.38. The minimum Gasteiger partial charge on any atom is -0.489 e. The van der Waals surface area contributed by atoms with Gasteiger partial charge in [-0.25, -0.2) is 4.39 Å². The van der Waals surface area contributed by atoms with Crippen molar-refractivity contribution in [1.29, 1.82) is 5.26 Å². The topological polar surface area (TPSA) is 59.0 Å². The van der Waals surface area contributed by atoms with E-state index in [1.165, 1.54) is 6.07 Å². The molecule has 0 bridgehead atoms. The minimum atomic E-state index is -0.429. The normalized spacial score (nSPS) is 10.2. The van der Waals surface area contributed by atoms with Crippen LogP contribution < -0.4 is 10.5 Å². The lowest BCUT2D eigenvalue weighted by molar-refractivity contribution is 0.296. The molecule has 0 atom stereocenters. The molecule has 21 heavy (non-hydrogen) atoms. The Kier molecular flexibility index (Phi) is 4.91. The first kappa shape index (κ1) is 15.0. The van der Waals surface area contributed by atoms with E-state index in [2.05, 4.69) is 0 Å². The highest BCUT2D eigenvalue weighted by Gasteiger charge is 2.07. The number of nitriles is 1. The number of rotatable bonds is 5. The summed E-state index contributed by atoms with van der Waals surface area (Å²) >= 11 is 0. The van der Waals surface area contributed by atoms with Gasteiger partial charge in [-0.2, -0.15) is 5.26 Å². The Morgan fingerprint density at radius 3 is 2.67 bits per heavy atom. The summed E-state index contributed by atoms with van der Waals surface area (Å²) in [6.45, 7) is 2.66. The van der Waals surface area contributed by atoms with E-state index >= 15 is 0 Å². The second-order valence-electron chi connectivity index (χ2n) is 4.86. The van der Waals surface area contributed by atoms with E-state index in [0.29, 0.717) is 24.1 Å². The third-order valence-electron chi connectivity index (χ3n) is 3.20. The number of benzene rings is 2. The third kappa shape index (κ3) is 3.80. The Labute approximate surface area is 123 Å². The van der Waals surface area contributed by atoms with E-state index < -0.39 is 5.82 Å². The summed E-state index contributed by atoms with van der Waals surface area (Å²) < 4.78 is 19.5. The predicted octanol–water partition coefficient (Wildman–Crippen LogP) is 3.09. The zero-order valence-corrected chi connectivity index (χ0v) is 11.9. The highest BCUT2D eigenvalue weighted by atomic mass is 19.1. The van der Waals surface area contributed by atoms with Crippen LogP contribution in [0.1, 0.15) is 22.3 Å². The third-order valence-corrected chi connectivity index (χ3v) is 3.20. The summed E-state index contributed by atoms with van der Waals surface area (Å²) in [6, 6.07) is 12.1. The van der Waals surface area contributed by atoms with E-state index in [4.69, 9.17) is 15.7 Å². The molecule has 0 saturated heterocycles. The van der Waals surface area contributed by atoms with E-state index in [0.717, 1.165) is 16.9 Å². The smallest absolute Gasteiger partial charge is 0.131 e. The van der Waals surface area contributed by atoms with Gasteiger partial charge < -0.3 is 10.5 Å². The lowest BCUT2D eigenvalue weighted by atomic mass is 10.1. The quantitative estimate of drug-likeness (QED) is 0.917. The maximum Gasteiger partial charge on any atom is 0.131 e. The molecule has 0 aliphatic heterocycles. The first-order chi connectivity index (χ1) is 10.1.